The Labute approximate surface area is 175 Å². The van der Waals surface area contributed by atoms with Gasteiger partial charge >= 0.3 is 5.97 Å². The third-order valence-corrected chi connectivity index (χ3v) is 4.48. The summed E-state index contributed by atoms with van der Waals surface area (Å²) in [4.78, 5) is 24.1. The lowest BCUT2D eigenvalue weighted by Gasteiger charge is -2.11. The topological polar surface area (TPSA) is 75.0 Å². The van der Waals surface area contributed by atoms with Gasteiger partial charge in [0.05, 0.1) is 25.2 Å². The first kappa shape index (κ1) is 21.4. The molecule has 0 atom stereocenters. The molecule has 0 aliphatic carbocycles. The third kappa shape index (κ3) is 5.41. The molecular weight excluding hydrogens is 384 g/mol. The summed E-state index contributed by atoms with van der Waals surface area (Å²) < 4.78 is 22.1. The number of para-hydroxylation sites is 1. The zero-order valence-corrected chi connectivity index (χ0v) is 17.3. The molecule has 3 rings (SSSR count). The van der Waals surface area contributed by atoms with Crippen molar-refractivity contribution < 1.29 is 23.4 Å². The van der Waals surface area contributed by atoms with Crippen LogP contribution in [0, 0.1) is 0 Å². The van der Waals surface area contributed by atoms with E-state index in [4.69, 9.17) is 18.6 Å². The second kappa shape index (κ2) is 10.5. The molecular formula is C24H26O6. The molecule has 0 fully saturated rings. The van der Waals surface area contributed by atoms with Crippen LogP contribution >= 0.6 is 0 Å². The van der Waals surface area contributed by atoms with Crippen LogP contribution in [-0.4, -0.2) is 25.8 Å². The van der Waals surface area contributed by atoms with Crippen LogP contribution in [0.1, 0.15) is 42.8 Å². The minimum atomic E-state index is -0.664. The highest BCUT2D eigenvalue weighted by molar-refractivity contribution is 5.89. The van der Waals surface area contributed by atoms with Gasteiger partial charge in [-0.15, -0.1) is 0 Å². The summed E-state index contributed by atoms with van der Waals surface area (Å²) in [5, 5.41) is 0.381. The van der Waals surface area contributed by atoms with Gasteiger partial charge in [-0.2, -0.15) is 0 Å². The van der Waals surface area contributed by atoms with E-state index in [0.29, 0.717) is 30.8 Å². The molecule has 0 spiro atoms. The second-order valence-electron chi connectivity index (χ2n) is 6.76. The fourth-order valence-corrected chi connectivity index (χ4v) is 3.08. The normalized spacial score (nSPS) is 10.7. The predicted octanol–water partition coefficient (Wildman–Crippen LogP) is 4.77. The Morgan fingerprint density at radius 1 is 1.00 bits per heavy atom. The van der Waals surface area contributed by atoms with E-state index in [1.54, 1.807) is 25.1 Å². The van der Waals surface area contributed by atoms with Crippen LogP contribution in [0.15, 0.2) is 57.7 Å². The molecule has 1 aromatic heterocycles. The van der Waals surface area contributed by atoms with Crippen molar-refractivity contribution in [1.29, 1.82) is 0 Å². The fraction of sp³-hybridized carbons (Fsp3) is 0.333. The van der Waals surface area contributed by atoms with Gasteiger partial charge in [0, 0.05) is 18.6 Å². The Hall–Kier alpha value is -3.28. The van der Waals surface area contributed by atoms with E-state index in [9.17, 15) is 9.59 Å². The summed E-state index contributed by atoms with van der Waals surface area (Å²) in [6.07, 6.45) is 2.76. The molecule has 0 N–H and O–H groups in total. The minimum Gasteiger partial charge on any atom is -0.493 e. The molecule has 0 radical (unpaired) electrons. The van der Waals surface area contributed by atoms with Gasteiger partial charge in [-0.25, -0.2) is 4.79 Å². The van der Waals surface area contributed by atoms with E-state index in [0.717, 1.165) is 24.7 Å². The van der Waals surface area contributed by atoms with Crippen LogP contribution in [0.4, 0.5) is 0 Å². The number of rotatable bonds is 10. The third-order valence-electron chi connectivity index (χ3n) is 4.48. The first-order valence-electron chi connectivity index (χ1n) is 10.2. The van der Waals surface area contributed by atoms with Gasteiger partial charge in [0.15, 0.2) is 5.43 Å². The van der Waals surface area contributed by atoms with E-state index in [-0.39, 0.29) is 23.4 Å². The quantitative estimate of drug-likeness (QED) is 0.354. The molecule has 6 nitrogen and oxygen atoms in total. The molecule has 0 aliphatic heterocycles. The van der Waals surface area contributed by atoms with Crippen molar-refractivity contribution in [2.24, 2.45) is 0 Å². The Kier molecular flexibility index (Phi) is 7.49. The highest BCUT2D eigenvalue weighted by Gasteiger charge is 2.13. The second-order valence-corrected chi connectivity index (χ2v) is 6.76. The van der Waals surface area contributed by atoms with E-state index < -0.39 is 5.97 Å². The van der Waals surface area contributed by atoms with Crippen molar-refractivity contribution in [3.05, 3.63) is 70.1 Å². The Morgan fingerprint density at radius 3 is 2.60 bits per heavy atom. The maximum absolute atomic E-state index is 12.2. The van der Waals surface area contributed by atoms with Gasteiger partial charge < -0.3 is 18.6 Å². The van der Waals surface area contributed by atoms with Crippen LogP contribution in [0.2, 0.25) is 0 Å². The summed E-state index contributed by atoms with van der Waals surface area (Å²) in [6.45, 7) is 5.02. The first-order valence-corrected chi connectivity index (χ1v) is 10.2. The molecule has 3 aromatic rings. The Balaban J connectivity index is 1.58. The van der Waals surface area contributed by atoms with Gasteiger partial charge in [-0.05, 0) is 37.1 Å². The van der Waals surface area contributed by atoms with E-state index in [1.165, 1.54) is 5.56 Å². The molecule has 2 aromatic carbocycles. The van der Waals surface area contributed by atoms with Crippen molar-refractivity contribution in [1.82, 2.24) is 0 Å². The number of carbonyl (C=O) groups excluding carboxylic acids is 1. The van der Waals surface area contributed by atoms with Crippen molar-refractivity contribution >= 4 is 16.9 Å². The molecule has 0 bridgehead atoms. The highest BCUT2D eigenvalue weighted by Crippen LogP contribution is 2.21. The lowest BCUT2D eigenvalue weighted by Crippen LogP contribution is -2.10. The molecule has 0 amide bonds. The summed E-state index contributed by atoms with van der Waals surface area (Å²) >= 11 is 0. The monoisotopic (exact) mass is 410 g/mol. The number of ether oxygens (including phenoxy) is 3. The van der Waals surface area contributed by atoms with E-state index in [1.807, 2.05) is 18.2 Å². The lowest BCUT2D eigenvalue weighted by molar-refractivity contribution is 0.0490. The molecule has 6 heteroatoms. The number of aryl methyl sites for hydroxylation is 1. The van der Waals surface area contributed by atoms with Crippen LogP contribution < -0.4 is 14.9 Å². The maximum atomic E-state index is 12.2. The van der Waals surface area contributed by atoms with Crippen LogP contribution in [-0.2, 0) is 11.2 Å². The summed E-state index contributed by atoms with van der Waals surface area (Å²) in [5.41, 5.74) is 1.20. The number of hydrogen-bond acceptors (Lipinski definition) is 6. The molecule has 0 aliphatic rings. The number of benzene rings is 2. The Bertz CT molecular complexity index is 1050. The molecule has 30 heavy (non-hydrogen) atoms. The lowest BCUT2D eigenvalue weighted by atomic mass is 10.1. The average Bonchev–Trinajstić information content (AvgIpc) is 2.74. The van der Waals surface area contributed by atoms with Crippen molar-refractivity contribution in [2.45, 2.75) is 33.1 Å². The maximum Gasteiger partial charge on any atom is 0.374 e. The summed E-state index contributed by atoms with van der Waals surface area (Å²) in [5.74, 6) is 0.685. The smallest absolute Gasteiger partial charge is 0.374 e. The van der Waals surface area contributed by atoms with Gasteiger partial charge in [-0.3, -0.25) is 4.79 Å². The van der Waals surface area contributed by atoms with Gasteiger partial charge in [-0.1, -0.05) is 31.5 Å². The SMILES string of the molecule is CCCc1ccccc1OCCCOc1ccc2c(=O)cc(C(=O)OCC)oc2c1. The largest absolute Gasteiger partial charge is 0.493 e. The molecule has 1 heterocycles. The summed E-state index contributed by atoms with van der Waals surface area (Å²) in [7, 11) is 0. The number of hydrogen-bond donors (Lipinski definition) is 0. The average molecular weight is 410 g/mol. The van der Waals surface area contributed by atoms with E-state index in [2.05, 4.69) is 13.0 Å². The predicted molar refractivity (Wildman–Crippen MR) is 114 cm³/mol. The first-order chi connectivity index (χ1) is 14.6. The van der Waals surface area contributed by atoms with Gasteiger partial charge in [0.25, 0.3) is 0 Å². The van der Waals surface area contributed by atoms with Crippen molar-refractivity contribution in [2.75, 3.05) is 19.8 Å². The van der Waals surface area contributed by atoms with Crippen molar-refractivity contribution in [3.8, 4) is 11.5 Å². The highest BCUT2D eigenvalue weighted by atomic mass is 16.5. The van der Waals surface area contributed by atoms with Crippen LogP contribution in [0.5, 0.6) is 11.5 Å². The molecule has 0 saturated heterocycles. The van der Waals surface area contributed by atoms with Gasteiger partial charge in [0.2, 0.25) is 5.76 Å². The van der Waals surface area contributed by atoms with Crippen LogP contribution in [0.25, 0.3) is 11.0 Å². The zero-order valence-electron chi connectivity index (χ0n) is 17.3. The molecule has 0 unspecified atom stereocenters. The standard InChI is InChI=1S/C24H26O6/c1-3-8-17-9-5-6-10-21(17)29-14-7-13-28-18-11-12-19-20(25)16-23(24(26)27-4-2)30-22(19)15-18/h5-6,9-12,15-16H,3-4,7-8,13-14H2,1-2H3. The van der Waals surface area contributed by atoms with E-state index >= 15 is 0 Å². The fourth-order valence-electron chi connectivity index (χ4n) is 3.08. The number of carbonyl (C=O) groups is 1. The minimum absolute atomic E-state index is 0.120. The summed E-state index contributed by atoms with van der Waals surface area (Å²) in [6, 6.07) is 14.2. The number of esters is 1. The molecule has 0 saturated carbocycles. The van der Waals surface area contributed by atoms with Gasteiger partial charge in [0.1, 0.15) is 17.1 Å². The molecule has 158 valence electrons. The van der Waals surface area contributed by atoms with Crippen molar-refractivity contribution in [3.63, 3.8) is 0 Å². The number of fused-ring (bicyclic) bond motifs is 1. The zero-order chi connectivity index (χ0) is 21.3. The Morgan fingerprint density at radius 2 is 1.80 bits per heavy atom. The van der Waals surface area contributed by atoms with Crippen LogP contribution in [0.3, 0.4) is 0 Å².